The van der Waals surface area contributed by atoms with Gasteiger partial charge in [-0.05, 0) is 117 Å². The molecule has 2 unspecified atom stereocenters. The van der Waals surface area contributed by atoms with E-state index in [9.17, 15) is 9.90 Å². The number of piperidine rings is 2. The molecule has 0 bridgehead atoms. The van der Waals surface area contributed by atoms with E-state index in [1.807, 2.05) is 13.0 Å². The second-order valence-electron chi connectivity index (χ2n) is 14.4. The molecule has 258 valence electrons. The lowest BCUT2D eigenvalue weighted by Gasteiger charge is -2.41. The van der Waals surface area contributed by atoms with Crippen LogP contribution >= 0.6 is 22.6 Å². The summed E-state index contributed by atoms with van der Waals surface area (Å²) in [7, 11) is 0. The summed E-state index contributed by atoms with van der Waals surface area (Å²) in [4.78, 5) is 26.7. The average molecular weight is 770 g/mol. The fourth-order valence-electron chi connectivity index (χ4n) is 7.51. The number of rotatable bonds is 11. The molecule has 3 aliphatic heterocycles. The molecular weight excluding hydrogens is 721 g/mol. The van der Waals surface area contributed by atoms with Crippen molar-refractivity contribution in [1.82, 2.24) is 20.2 Å². The van der Waals surface area contributed by atoms with Gasteiger partial charge in [-0.1, -0.05) is 30.3 Å². The molecule has 3 saturated heterocycles. The Labute approximate surface area is 297 Å². The topological polar surface area (TPSA) is 109 Å². The van der Waals surface area contributed by atoms with E-state index in [1.165, 1.54) is 0 Å². The number of carbonyl (C=O) groups is 1. The van der Waals surface area contributed by atoms with Gasteiger partial charge >= 0.3 is 6.09 Å². The predicted molar refractivity (Wildman–Crippen MR) is 193 cm³/mol. The highest BCUT2D eigenvalue weighted by Gasteiger charge is 2.45. The van der Waals surface area contributed by atoms with Gasteiger partial charge in [0, 0.05) is 53.8 Å². The number of benzene rings is 2. The van der Waals surface area contributed by atoms with Gasteiger partial charge in [-0.3, -0.25) is 0 Å². The highest BCUT2D eigenvalue weighted by atomic mass is 127. The number of halogens is 1. The second-order valence-corrected chi connectivity index (χ2v) is 15.6. The third-order valence-corrected chi connectivity index (χ3v) is 11.2. The van der Waals surface area contributed by atoms with Crippen molar-refractivity contribution in [2.45, 2.75) is 88.2 Å². The molecule has 4 fully saturated rings. The number of nitrogens with zero attached hydrogens (tertiary/aromatic N) is 4. The van der Waals surface area contributed by atoms with Crippen molar-refractivity contribution in [2.75, 3.05) is 50.8 Å². The number of hydrogen-bond donors (Lipinski definition) is 2. The van der Waals surface area contributed by atoms with Crippen LogP contribution in [0.25, 0.3) is 10.9 Å². The summed E-state index contributed by atoms with van der Waals surface area (Å²) >= 11 is 2.37. The summed E-state index contributed by atoms with van der Waals surface area (Å²) < 4.78 is 20.9. The zero-order chi connectivity index (χ0) is 33.1. The van der Waals surface area contributed by atoms with Gasteiger partial charge in [0.25, 0.3) is 0 Å². The zero-order valence-electron chi connectivity index (χ0n) is 27.9. The number of likely N-dealkylation sites (tertiary alicyclic amines) is 1. The smallest absolute Gasteiger partial charge is 0.405 e. The molecule has 1 saturated carbocycles. The van der Waals surface area contributed by atoms with E-state index in [0.717, 1.165) is 129 Å². The average Bonchev–Trinajstić information content (AvgIpc) is 3.92. The van der Waals surface area contributed by atoms with Crippen molar-refractivity contribution >= 4 is 45.5 Å². The first kappa shape index (κ1) is 33.9. The molecule has 48 heavy (non-hydrogen) atoms. The normalized spacial score (nSPS) is 23.5. The third kappa shape index (κ3) is 7.90. The Morgan fingerprint density at radius 1 is 1.04 bits per heavy atom. The number of aromatic nitrogens is 2. The lowest BCUT2D eigenvalue weighted by Crippen LogP contribution is -2.53. The number of carboxylic acid groups (broad SMARTS) is 1. The van der Waals surface area contributed by atoms with Crippen molar-refractivity contribution in [1.29, 1.82) is 0 Å². The molecule has 7 rings (SSSR count). The minimum atomic E-state index is -0.932. The highest BCUT2D eigenvalue weighted by molar-refractivity contribution is 14.1. The maximum Gasteiger partial charge on any atom is 0.405 e. The largest absolute Gasteiger partial charge is 0.465 e. The fourth-order valence-corrected chi connectivity index (χ4v) is 8.00. The maximum absolute atomic E-state index is 11.2. The molecule has 11 heteroatoms. The van der Waals surface area contributed by atoms with Crippen molar-refractivity contribution in [3.05, 3.63) is 63.4 Å². The Hall–Kier alpha value is -2.58. The molecule has 1 aliphatic carbocycles. The second kappa shape index (κ2) is 14.7. The van der Waals surface area contributed by atoms with Crippen LogP contribution < -0.4 is 10.2 Å². The number of hydrogen-bond acceptors (Lipinski definition) is 8. The van der Waals surface area contributed by atoms with Crippen molar-refractivity contribution < 1.29 is 24.1 Å². The summed E-state index contributed by atoms with van der Waals surface area (Å²) in [5, 5.41) is 13.0. The zero-order valence-corrected chi connectivity index (χ0v) is 30.1. The van der Waals surface area contributed by atoms with Crippen LogP contribution in [0.4, 0.5) is 10.7 Å². The Morgan fingerprint density at radius 3 is 2.50 bits per heavy atom. The summed E-state index contributed by atoms with van der Waals surface area (Å²) in [6.07, 6.45) is 7.89. The molecule has 2 aromatic carbocycles. The van der Waals surface area contributed by atoms with Crippen LogP contribution in [0, 0.1) is 9.49 Å². The molecular formula is C37H48IN5O5. The molecule has 0 radical (unpaired) electrons. The number of nitrogens with one attached hydrogen (secondary N) is 1. The monoisotopic (exact) mass is 769 g/mol. The first-order valence-electron chi connectivity index (χ1n) is 17.7. The van der Waals surface area contributed by atoms with Gasteiger partial charge in [0.1, 0.15) is 0 Å². The van der Waals surface area contributed by atoms with Gasteiger partial charge in [-0.2, -0.15) is 0 Å². The van der Waals surface area contributed by atoms with E-state index < -0.39 is 11.7 Å². The summed E-state index contributed by atoms with van der Waals surface area (Å²) in [5.41, 5.74) is 1.56. The number of anilines is 1. The quantitative estimate of drug-likeness (QED) is 0.210. The standard InChI is InChI=1S/C37H48IN5O5/c1-36(41-35(44)45)16-20-42(21-17-36)24-26-14-18-43(19-15-26)34-39-31-13-10-28(38)23-30(31)33(40-34)37(48-29-11-12-29,27-7-3-2-4-8-27)25-47-32-9-5-6-22-46-32/h2-4,7-8,10,13,23,26,29,32,41H,5-6,9,11-12,14-22,24-25H2,1H3,(H,44,45). The third-order valence-electron chi connectivity index (χ3n) is 10.6. The Kier molecular flexibility index (Phi) is 10.4. The molecule has 10 nitrogen and oxygen atoms in total. The Morgan fingerprint density at radius 2 is 1.81 bits per heavy atom. The van der Waals surface area contributed by atoms with Crippen LogP contribution in [-0.4, -0.2) is 89.9 Å². The summed E-state index contributed by atoms with van der Waals surface area (Å²) in [6, 6.07) is 16.9. The first-order chi connectivity index (χ1) is 23.3. The van der Waals surface area contributed by atoms with Crippen LogP contribution in [0.15, 0.2) is 48.5 Å². The molecule has 1 amide bonds. The predicted octanol–water partition coefficient (Wildman–Crippen LogP) is 6.54. The van der Waals surface area contributed by atoms with Gasteiger partial charge in [0.15, 0.2) is 11.9 Å². The van der Waals surface area contributed by atoms with Crippen molar-refractivity contribution in [3.8, 4) is 0 Å². The first-order valence-corrected chi connectivity index (χ1v) is 18.8. The molecule has 4 heterocycles. The van der Waals surface area contributed by atoms with Crippen molar-refractivity contribution in [3.63, 3.8) is 0 Å². The van der Waals surface area contributed by atoms with E-state index in [0.29, 0.717) is 12.5 Å². The molecule has 3 aromatic rings. The minimum Gasteiger partial charge on any atom is -0.465 e. The van der Waals surface area contributed by atoms with Crippen LogP contribution in [0.5, 0.6) is 0 Å². The highest BCUT2D eigenvalue weighted by Crippen LogP contribution is 2.43. The van der Waals surface area contributed by atoms with E-state index in [1.54, 1.807) is 0 Å². The number of amides is 1. The summed E-state index contributed by atoms with van der Waals surface area (Å²) in [5.74, 6) is 1.34. The molecule has 2 N–H and O–H groups in total. The Bertz CT molecular complexity index is 1550. The summed E-state index contributed by atoms with van der Waals surface area (Å²) in [6.45, 7) is 7.72. The molecule has 0 spiro atoms. The Balaban J connectivity index is 1.15. The van der Waals surface area contributed by atoms with Crippen LogP contribution in [0.3, 0.4) is 0 Å². The van der Waals surface area contributed by atoms with Gasteiger partial charge in [-0.15, -0.1) is 0 Å². The minimum absolute atomic E-state index is 0.153. The lowest BCUT2D eigenvalue weighted by molar-refractivity contribution is -0.197. The maximum atomic E-state index is 11.2. The number of ether oxygens (including phenoxy) is 3. The fraction of sp³-hybridized carbons (Fsp3) is 0.595. The van der Waals surface area contributed by atoms with Crippen molar-refractivity contribution in [2.24, 2.45) is 5.92 Å². The molecule has 1 aromatic heterocycles. The number of fused-ring (bicyclic) bond motifs is 1. The molecule has 4 aliphatic rings. The van der Waals surface area contributed by atoms with E-state index in [4.69, 9.17) is 24.2 Å². The van der Waals surface area contributed by atoms with Gasteiger partial charge in [0.2, 0.25) is 5.95 Å². The van der Waals surface area contributed by atoms with E-state index >= 15 is 0 Å². The SMILES string of the molecule is CC1(NC(=O)O)CCN(CC2CCN(c3nc(C(COC4CCCCO4)(OC4CC4)c4ccccc4)c4cc(I)ccc4n3)CC2)CC1. The van der Waals surface area contributed by atoms with Gasteiger partial charge in [0.05, 0.1) is 23.9 Å². The van der Waals surface area contributed by atoms with E-state index in [2.05, 4.69) is 80.2 Å². The van der Waals surface area contributed by atoms with Crippen LogP contribution in [0.1, 0.15) is 76.0 Å². The lowest BCUT2D eigenvalue weighted by atomic mass is 9.88. The van der Waals surface area contributed by atoms with Gasteiger partial charge in [-0.25, -0.2) is 14.8 Å². The molecule has 2 atom stereocenters. The van der Waals surface area contributed by atoms with E-state index in [-0.39, 0.29) is 17.9 Å². The van der Waals surface area contributed by atoms with Crippen LogP contribution in [0.2, 0.25) is 0 Å². The van der Waals surface area contributed by atoms with Crippen LogP contribution in [-0.2, 0) is 19.8 Å². The van der Waals surface area contributed by atoms with Gasteiger partial charge < -0.3 is 34.4 Å².